The van der Waals surface area contributed by atoms with Gasteiger partial charge in [0, 0.05) is 53.6 Å². The minimum Gasteiger partial charge on any atom is -0.352 e. The molecule has 2 aromatic heterocycles. The molecule has 0 saturated carbocycles. The van der Waals surface area contributed by atoms with Gasteiger partial charge in [0.15, 0.2) is 9.84 Å². The van der Waals surface area contributed by atoms with Crippen LogP contribution in [0.1, 0.15) is 13.8 Å². The quantitative estimate of drug-likeness (QED) is 0.0246. The summed E-state index contributed by atoms with van der Waals surface area (Å²) in [6.45, 7) is 5.39. The maximum atomic E-state index is 14.9. The summed E-state index contributed by atoms with van der Waals surface area (Å²) in [5, 5.41) is 33.9. The number of rotatable bonds is 23. The zero-order valence-electron chi connectivity index (χ0n) is 42.5. The molecule has 3 amide bonds. The van der Waals surface area contributed by atoms with Crippen molar-refractivity contribution in [2.45, 2.75) is 39.5 Å². The molecule has 442 valence electrons. The lowest BCUT2D eigenvalue weighted by atomic mass is 10.1. The summed E-state index contributed by atoms with van der Waals surface area (Å²) in [7, 11) is -23.8. The van der Waals surface area contributed by atoms with Gasteiger partial charge in [0.05, 0.1) is 22.0 Å². The highest BCUT2D eigenvalue weighted by molar-refractivity contribution is 7.94. The Balaban J connectivity index is 1.06. The molecule has 1 atom stereocenters. The van der Waals surface area contributed by atoms with Crippen LogP contribution in [-0.4, -0.2) is 127 Å². The van der Waals surface area contributed by atoms with E-state index in [1.807, 2.05) is 0 Å². The third-order valence-corrected chi connectivity index (χ3v) is 15.5. The first kappa shape index (κ1) is 62.3. The van der Waals surface area contributed by atoms with Crippen LogP contribution in [0.5, 0.6) is 0 Å². The number of urea groups is 1. The number of sulfone groups is 1. The Morgan fingerprint density at radius 1 is 0.595 bits per heavy atom. The van der Waals surface area contributed by atoms with Gasteiger partial charge >= 0.3 is 18.2 Å². The summed E-state index contributed by atoms with van der Waals surface area (Å²) < 4.78 is 189. The van der Waals surface area contributed by atoms with Crippen LogP contribution in [0.25, 0.3) is 10.8 Å². The average Bonchev–Trinajstić information content (AvgIpc) is 1.13. The largest absolute Gasteiger partial charge is 0.352 e. The average molecular weight is 1260 g/mol. The molecule has 0 fully saturated rings. The highest BCUT2D eigenvalue weighted by atomic mass is 32.2. The molecule has 0 saturated heterocycles. The second-order valence-corrected chi connectivity index (χ2v) is 24.6. The summed E-state index contributed by atoms with van der Waals surface area (Å²) in [6, 6.07) is 13.3. The SMILES string of the molecule is C=CS(=O)(=O)CCNC(=O)Nc1cc(Nc2nc(F)nc(NCC(C)Nc3nc(F)nc(Nc4ccc(/N=N/c5ccc6c(S(=O)(=O)O)cccc6c5S(=O)(=O)O)c(NC(C)=O)c4)n3)n2)ccc1/N=N/c1ccc(S(=O)(=O)O)cc1S(=O)(=O)O. The number of benzene rings is 5. The number of hydrogen-bond donors (Lipinski definition) is 11. The molecule has 2 heterocycles. The maximum Gasteiger partial charge on any atom is 0.319 e. The zero-order valence-corrected chi connectivity index (χ0v) is 46.6. The van der Waals surface area contributed by atoms with E-state index in [4.69, 9.17) is 0 Å². The van der Waals surface area contributed by atoms with Gasteiger partial charge in [-0.05, 0) is 73.7 Å². The van der Waals surface area contributed by atoms with E-state index in [2.05, 4.69) is 94.2 Å². The van der Waals surface area contributed by atoms with E-state index in [1.165, 1.54) is 42.5 Å². The summed E-state index contributed by atoms with van der Waals surface area (Å²) in [4.78, 5) is 44.4. The van der Waals surface area contributed by atoms with E-state index in [0.717, 1.165) is 43.3 Å². The minimum absolute atomic E-state index is 0.0204. The number of nitrogens with zero attached hydrogens (tertiary/aromatic N) is 10. The Hall–Kier alpha value is -9.29. The fourth-order valence-corrected chi connectivity index (χ4v) is 10.4. The molecule has 5 aromatic carbocycles. The van der Waals surface area contributed by atoms with Crippen LogP contribution >= 0.6 is 0 Å². The molecule has 0 aliphatic carbocycles. The molecule has 0 aliphatic rings. The van der Waals surface area contributed by atoms with Crippen LogP contribution in [-0.2, 0) is 55.1 Å². The van der Waals surface area contributed by atoms with Crippen LogP contribution in [0.4, 0.5) is 82.9 Å². The van der Waals surface area contributed by atoms with Gasteiger partial charge in [-0.25, -0.2) is 13.2 Å². The molecule has 84 heavy (non-hydrogen) atoms. The van der Waals surface area contributed by atoms with Gasteiger partial charge in [-0.3, -0.25) is 23.0 Å². The fraction of sp³-hybridized carbons (Fsp3) is 0.136. The highest BCUT2D eigenvalue weighted by Crippen LogP contribution is 2.38. The number of amides is 3. The van der Waals surface area contributed by atoms with Crippen LogP contribution in [0.15, 0.2) is 137 Å². The van der Waals surface area contributed by atoms with Crippen molar-refractivity contribution in [1.82, 2.24) is 35.2 Å². The van der Waals surface area contributed by atoms with Crippen molar-refractivity contribution in [1.29, 1.82) is 0 Å². The number of aromatic nitrogens is 6. The first-order valence-corrected chi connectivity index (χ1v) is 30.5. The van der Waals surface area contributed by atoms with E-state index >= 15 is 0 Å². The monoisotopic (exact) mass is 1260 g/mol. The van der Waals surface area contributed by atoms with Crippen molar-refractivity contribution in [3.05, 3.63) is 109 Å². The Kier molecular flexibility index (Phi) is 18.6. The number of nitrogens with one attached hydrogen (secondary N) is 7. The molecule has 11 N–H and O–H groups in total. The molecule has 0 radical (unpaired) electrons. The molecule has 40 heteroatoms. The van der Waals surface area contributed by atoms with E-state index in [-0.39, 0.29) is 69.3 Å². The summed E-state index contributed by atoms with van der Waals surface area (Å²) >= 11 is 0. The van der Waals surface area contributed by atoms with Gasteiger partial charge in [0.25, 0.3) is 40.5 Å². The summed E-state index contributed by atoms with van der Waals surface area (Å²) in [5.41, 5.74) is -1.52. The third kappa shape index (κ3) is 16.7. The lowest BCUT2D eigenvalue weighted by Crippen LogP contribution is -2.32. The van der Waals surface area contributed by atoms with E-state index in [9.17, 15) is 78.7 Å². The summed E-state index contributed by atoms with van der Waals surface area (Å²) in [5.74, 6) is -2.60. The van der Waals surface area contributed by atoms with Gasteiger partial charge in [0.2, 0.25) is 29.7 Å². The smallest absolute Gasteiger partial charge is 0.319 e. The number of halogens is 2. The van der Waals surface area contributed by atoms with Gasteiger partial charge in [-0.15, -0.1) is 20.5 Å². The molecular formula is C44H41F2N17O16S5. The van der Waals surface area contributed by atoms with Crippen molar-refractivity contribution < 1.29 is 78.7 Å². The van der Waals surface area contributed by atoms with Crippen LogP contribution in [0, 0.1) is 12.2 Å². The molecule has 33 nitrogen and oxygen atoms in total. The van der Waals surface area contributed by atoms with E-state index in [0.29, 0.717) is 11.5 Å². The Labute approximate surface area is 473 Å². The lowest BCUT2D eigenvalue weighted by Gasteiger charge is -2.16. The standard InChI is InChI=1S/C44H41F2N17O16S5/c1-4-80(66,67)17-16-47-44(65)53-34-19-25(9-13-30(34)60-62-31-14-10-26(81(68,69)70)20-36(31)83(74,75)76)51-42-56-38(45)54-40(58-42)48-21-22(2)49-41-55-39(46)57-43(59-41)52-24-8-12-29(33(18-24)50-23(3)64)61-63-32-15-11-27-28(37(32)84(77,78)79)6-5-7-35(27)82(71,72)73/h4-15,18-20,22H,1,16-17,21H2,2-3H3,(H,50,64)(H2,47,53,65)(H,68,69,70)(H,71,72,73)(H,74,75,76)(H,77,78,79)(H2,48,51,54,56,58)(H2,49,52,55,57,59)/b62-60+,63-61+. The van der Waals surface area contributed by atoms with Crippen molar-refractivity contribution >= 4 is 142 Å². The van der Waals surface area contributed by atoms with Crippen molar-refractivity contribution in [3.63, 3.8) is 0 Å². The second kappa shape index (κ2) is 25.1. The predicted octanol–water partition coefficient (Wildman–Crippen LogP) is 6.34. The lowest BCUT2D eigenvalue weighted by molar-refractivity contribution is -0.114. The van der Waals surface area contributed by atoms with Crippen molar-refractivity contribution in [2.75, 3.05) is 50.7 Å². The molecule has 7 rings (SSSR count). The first-order valence-electron chi connectivity index (χ1n) is 23.0. The van der Waals surface area contributed by atoms with Crippen molar-refractivity contribution in [3.8, 4) is 0 Å². The Morgan fingerprint density at radius 2 is 1.12 bits per heavy atom. The van der Waals surface area contributed by atoms with Gasteiger partial charge in [0.1, 0.15) is 37.4 Å². The topological polar surface area (TPSA) is 497 Å². The number of hydrogen-bond acceptors (Lipinski definition) is 26. The molecule has 0 bridgehead atoms. The Bertz CT molecular complexity index is 4450. The molecule has 0 aliphatic heterocycles. The van der Waals surface area contributed by atoms with Gasteiger partial charge in [-0.1, -0.05) is 24.8 Å². The van der Waals surface area contributed by atoms with E-state index in [1.54, 1.807) is 6.92 Å². The highest BCUT2D eigenvalue weighted by Gasteiger charge is 2.25. The van der Waals surface area contributed by atoms with Crippen LogP contribution < -0.4 is 37.2 Å². The maximum absolute atomic E-state index is 14.9. The number of azo groups is 2. The zero-order chi connectivity index (χ0) is 61.5. The van der Waals surface area contributed by atoms with Gasteiger partial charge < -0.3 is 37.2 Å². The Morgan fingerprint density at radius 3 is 1.68 bits per heavy atom. The third-order valence-electron chi connectivity index (χ3n) is 10.7. The second-order valence-electron chi connectivity index (χ2n) is 16.9. The number of anilines is 8. The normalized spacial score (nSPS) is 12.7. The van der Waals surface area contributed by atoms with Crippen molar-refractivity contribution in [2.24, 2.45) is 20.5 Å². The number of carbonyl (C=O) groups is 2. The predicted molar refractivity (Wildman–Crippen MR) is 294 cm³/mol. The molecule has 0 spiro atoms. The minimum atomic E-state index is -5.18. The van der Waals surface area contributed by atoms with Crippen LogP contribution in [0.2, 0.25) is 0 Å². The summed E-state index contributed by atoms with van der Waals surface area (Å²) in [6.07, 6.45) is -2.56. The number of carbonyl (C=O) groups excluding carboxylic acids is 2. The molecular weight excluding hydrogens is 1220 g/mol. The fourth-order valence-electron chi connectivity index (χ4n) is 7.10. The molecule has 7 aromatic rings. The van der Waals surface area contributed by atoms with Gasteiger partial charge in [-0.2, -0.15) is 72.4 Å². The van der Waals surface area contributed by atoms with E-state index < -0.39 is 130 Å². The first-order chi connectivity index (χ1) is 39.2. The number of fused-ring (bicyclic) bond motifs is 1. The van der Waals surface area contributed by atoms with Crippen LogP contribution in [0.3, 0.4) is 0 Å². The molecule has 1 unspecified atom stereocenters.